The number of anilines is 1. The average Bonchev–Trinajstić information content (AvgIpc) is 3.24. The first-order chi connectivity index (χ1) is 14.5. The molecule has 3 aliphatic rings. The molecule has 30 heavy (non-hydrogen) atoms. The van der Waals surface area contributed by atoms with Gasteiger partial charge in [0.1, 0.15) is 6.04 Å². The average molecular weight is 407 g/mol. The summed E-state index contributed by atoms with van der Waals surface area (Å²) in [5, 5.41) is 6.67. The first-order valence-electron chi connectivity index (χ1n) is 10.5. The third-order valence-electron chi connectivity index (χ3n) is 6.41. The fraction of sp³-hybridized carbons (Fsp3) is 0.409. The molecule has 4 amide bonds. The molecule has 8 heteroatoms. The van der Waals surface area contributed by atoms with Crippen molar-refractivity contribution in [1.29, 1.82) is 0 Å². The zero-order valence-electron chi connectivity index (χ0n) is 16.6. The summed E-state index contributed by atoms with van der Waals surface area (Å²) < 4.78 is 1.31. The summed E-state index contributed by atoms with van der Waals surface area (Å²) >= 11 is 0. The Labute approximate surface area is 174 Å². The molecule has 1 aromatic heterocycles. The van der Waals surface area contributed by atoms with Crippen LogP contribution in [0.1, 0.15) is 38.5 Å². The largest absolute Gasteiger partial charge is 0.351 e. The molecule has 1 aromatic carbocycles. The van der Waals surface area contributed by atoms with Crippen molar-refractivity contribution in [3.63, 3.8) is 0 Å². The number of para-hydroxylation sites is 1. The van der Waals surface area contributed by atoms with Gasteiger partial charge in [0, 0.05) is 23.3 Å². The number of nitrogens with zero attached hydrogens (tertiary/aromatic N) is 2. The van der Waals surface area contributed by atoms with Crippen LogP contribution < -0.4 is 16.4 Å². The normalized spacial score (nSPS) is 24.9. The van der Waals surface area contributed by atoms with Crippen LogP contribution in [-0.2, 0) is 4.79 Å². The molecule has 2 aliphatic carbocycles. The smallest absolute Gasteiger partial charge is 0.323 e. The molecule has 2 aromatic rings. The molecule has 1 saturated heterocycles. The summed E-state index contributed by atoms with van der Waals surface area (Å²) in [6, 6.07) is 5.95. The van der Waals surface area contributed by atoms with Gasteiger partial charge in [-0.2, -0.15) is 0 Å². The van der Waals surface area contributed by atoms with Crippen molar-refractivity contribution in [3.8, 4) is 0 Å². The molecule has 3 atom stereocenters. The van der Waals surface area contributed by atoms with Crippen molar-refractivity contribution in [2.75, 3.05) is 5.32 Å². The van der Waals surface area contributed by atoms with Crippen LogP contribution >= 0.6 is 0 Å². The Morgan fingerprint density at radius 1 is 1.07 bits per heavy atom. The number of carbonyl (C=O) groups excluding carboxylic acids is 3. The lowest BCUT2D eigenvalue weighted by Crippen LogP contribution is -2.49. The minimum absolute atomic E-state index is 0.102. The van der Waals surface area contributed by atoms with Crippen molar-refractivity contribution in [3.05, 3.63) is 42.2 Å². The minimum Gasteiger partial charge on any atom is -0.351 e. The van der Waals surface area contributed by atoms with Crippen molar-refractivity contribution in [1.82, 2.24) is 14.8 Å². The van der Waals surface area contributed by atoms with Crippen LogP contribution in [0.4, 0.5) is 15.3 Å². The predicted molar refractivity (Wildman–Crippen MR) is 113 cm³/mol. The SMILES string of the molecule is NC(=O)n1cc(NC(=O)N2[C@@H]3C[C@@H]3C[C@H]2C(=O)NC2=CCCCC2)c2ccccc21. The van der Waals surface area contributed by atoms with Gasteiger partial charge in [0.25, 0.3) is 0 Å². The highest BCUT2D eigenvalue weighted by Gasteiger charge is 2.56. The van der Waals surface area contributed by atoms with Crippen molar-refractivity contribution < 1.29 is 14.4 Å². The first kappa shape index (κ1) is 18.7. The summed E-state index contributed by atoms with van der Waals surface area (Å²) in [4.78, 5) is 39.5. The van der Waals surface area contributed by atoms with Gasteiger partial charge in [-0.05, 0) is 50.5 Å². The van der Waals surface area contributed by atoms with Crippen LogP contribution in [0.5, 0.6) is 0 Å². The minimum atomic E-state index is -0.617. The van der Waals surface area contributed by atoms with Gasteiger partial charge in [0.05, 0.1) is 11.2 Å². The van der Waals surface area contributed by atoms with Crippen molar-refractivity contribution in [2.45, 2.75) is 50.6 Å². The van der Waals surface area contributed by atoms with Gasteiger partial charge in [-0.3, -0.25) is 9.36 Å². The van der Waals surface area contributed by atoms with E-state index >= 15 is 0 Å². The molecular weight excluding hydrogens is 382 g/mol. The number of hydrogen-bond acceptors (Lipinski definition) is 3. The van der Waals surface area contributed by atoms with Gasteiger partial charge >= 0.3 is 12.1 Å². The van der Waals surface area contributed by atoms with Gasteiger partial charge < -0.3 is 21.3 Å². The third-order valence-corrected chi connectivity index (χ3v) is 6.41. The van der Waals surface area contributed by atoms with E-state index in [1.165, 1.54) is 10.8 Å². The Kier molecular flexibility index (Phi) is 4.49. The number of carbonyl (C=O) groups is 3. The molecule has 5 rings (SSSR count). The quantitative estimate of drug-likeness (QED) is 0.727. The number of nitrogens with two attached hydrogens (primary N) is 1. The summed E-state index contributed by atoms with van der Waals surface area (Å²) in [5.41, 5.74) is 7.57. The Bertz CT molecular complexity index is 1070. The molecule has 1 saturated carbocycles. The molecule has 0 unspecified atom stereocenters. The number of allylic oxidation sites excluding steroid dienone is 2. The number of urea groups is 1. The molecule has 2 heterocycles. The number of aromatic nitrogens is 1. The number of likely N-dealkylation sites (tertiary alicyclic amines) is 1. The monoisotopic (exact) mass is 407 g/mol. The maximum Gasteiger partial charge on any atom is 0.323 e. The van der Waals surface area contributed by atoms with Gasteiger partial charge in [0.15, 0.2) is 0 Å². The third kappa shape index (κ3) is 3.22. The molecule has 1 aliphatic heterocycles. The van der Waals surface area contributed by atoms with Crippen LogP contribution in [0, 0.1) is 5.92 Å². The van der Waals surface area contributed by atoms with Gasteiger partial charge in [-0.1, -0.05) is 24.3 Å². The number of rotatable bonds is 3. The summed E-state index contributed by atoms with van der Waals surface area (Å²) in [6.07, 6.45) is 9.34. The molecular formula is C22H25N5O3. The second-order valence-corrected chi connectivity index (χ2v) is 8.38. The Morgan fingerprint density at radius 3 is 2.67 bits per heavy atom. The Hall–Kier alpha value is -3.29. The number of fused-ring (bicyclic) bond motifs is 2. The Balaban J connectivity index is 1.36. The maximum absolute atomic E-state index is 13.2. The highest BCUT2D eigenvalue weighted by atomic mass is 16.2. The first-order valence-corrected chi connectivity index (χ1v) is 10.5. The molecule has 0 spiro atoms. The number of amides is 4. The van der Waals surface area contributed by atoms with Crippen molar-refractivity contribution in [2.24, 2.45) is 11.7 Å². The number of benzene rings is 1. The number of hydrogen-bond donors (Lipinski definition) is 3. The van der Waals surface area contributed by atoms with Crippen molar-refractivity contribution >= 4 is 34.6 Å². The lowest BCUT2D eigenvalue weighted by atomic mass is 10.0. The van der Waals surface area contributed by atoms with E-state index in [9.17, 15) is 14.4 Å². The molecule has 0 radical (unpaired) electrons. The van der Waals surface area contributed by atoms with E-state index in [2.05, 4.69) is 16.7 Å². The van der Waals surface area contributed by atoms with Crippen LogP contribution in [0.2, 0.25) is 0 Å². The van der Waals surface area contributed by atoms with Gasteiger partial charge in [-0.25, -0.2) is 9.59 Å². The summed E-state index contributed by atoms with van der Waals surface area (Å²) in [5.74, 6) is 0.281. The fourth-order valence-corrected chi connectivity index (χ4v) is 4.82. The Morgan fingerprint density at radius 2 is 1.90 bits per heavy atom. The van der Waals surface area contributed by atoms with E-state index < -0.39 is 12.1 Å². The number of primary amides is 1. The van der Waals surface area contributed by atoms with E-state index in [-0.39, 0.29) is 18.0 Å². The highest BCUT2D eigenvalue weighted by molar-refractivity contribution is 6.05. The zero-order chi connectivity index (χ0) is 20.8. The lowest BCUT2D eigenvalue weighted by Gasteiger charge is -2.27. The number of piperidine rings is 1. The standard InChI is InChI=1S/C22H25N5O3/c23-21(29)26-12-16(15-8-4-5-9-17(15)26)25-22(30)27-18-10-13(18)11-19(27)20(28)24-14-6-2-1-3-7-14/h4-6,8-9,12-13,18-19H,1-3,7,10-11H2,(H2,23,29)(H,24,28)(H,25,30)/t13-,18-,19+/m1/s1. The van der Waals surface area contributed by atoms with Gasteiger partial charge in [0.2, 0.25) is 5.91 Å². The summed E-state index contributed by atoms with van der Waals surface area (Å²) in [6.45, 7) is 0. The number of nitrogens with one attached hydrogen (secondary N) is 2. The zero-order valence-corrected chi connectivity index (χ0v) is 16.6. The lowest BCUT2D eigenvalue weighted by molar-refractivity contribution is -0.124. The second kappa shape index (κ2) is 7.19. The van der Waals surface area contributed by atoms with Crippen LogP contribution in [0.3, 0.4) is 0 Å². The molecule has 4 N–H and O–H groups in total. The maximum atomic E-state index is 13.2. The molecule has 0 bridgehead atoms. The van der Waals surface area contributed by atoms with E-state index in [0.29, 0.717) is 23.5 Å². The fourth-order valence-electron chi connectivity index (χ4n) is 4.82. The van der Waals surface area contributed by atoms with Gasteiger partial charge in [-0.15, -0.1) is 0 Å². The van der Waals surface area contributed by atoms with Crippen LogP contribution in [0.25, 0.3) is 10.9 Å². The van der Waals surface area contributed by atoms with E-state index in [1.807, 2.05) is 18.2 Å². The molecule has 156 valence electrons. The highest BCUT2D eigenvalue weighted by Crippen LogP contribution is 2.48. The topological polar surface area (TPSA) is 109 Å². The van der Waals surface area contributed by atoms with E-state index in [4.69, 9.17) is 5.73 Å². The molecule has 8 nitrogen and oxygen atoms in total. The predicted octanol–water partition coefficient (Wildman–Crippen LogP) is 3.14. The molecule has 2 fully saturated rings. The van der Waals surface area contributed by atoms with E-state index in [1.54, 1.807) is 11.0 Å². The van der Waals surface area contributed by atoms with Crippen LogP contribution in [-0.4, -0.2) is 39.5 Å². The van der Waals surface area contributed by atoms with E-state index in [0.717, 1.165) is 43.2 Å². The second-order valence-electron chi connectivity index (χ2n) is 8.38. The summed E-state index contributed by atoms with van der Waals surface area (Å²) in [7, 11) is 0. The van der Waals surface area contributed by atoms with Crippen LogP contribution in [0.15, 0.2) is 42.2 Å².